The van der Waals surface area contributed by atoms with Crippen LogP contribution in [0.25, 0.3) is 0 Å². The van der Waals surface area contributed by atoms with Crippen molar-refractivity contribution in [2.45, 2.75) is 6.92 Å². The zero-order valence-corrected chi connectivity index (χ0v) is 11.1. The maximum atomic E-state index is 11.5. The second kappa shape index (κ2) is 7.27. The Labute approximate surface area is 111 Å². The molecule has 0 amide bonds. The topological polar surface area (TPSA) is 80.5 Å². The fourth-order valence-corrected chi connectivity index (χ4v) is 1.32. The molecule has 6 heteroatoms. The third-order valence-corrected chi connectivity index (χ3v) is 2.20. The van der Waals surface area contributed by atoms with Crippen molar-refractivity contribution in [2.75, 3.05) is 20.8 Å². The van der Waals surface area contributed by atoms with Gasteiger partial charge in [-0.1, -0.05) is 12.1 Å². The molecular formula is C13H16N2O4. The molecule has 0 heterocycles. The second-order valence-electron chi connectivity index (χ2n) is 3.76. The van der Waals surface area contributed by atoms with Crippen LogP contribution in [0, 0.1) is 6.92 Å². The van der Waals surface area contributed by atoms with Crippen molar-refractivity contribution in [2.24, 2.45) is 10.2 Å². The number of rotatable bonds is 5. The van der Waals surface area contributed by atoms with Gasteiger partial charge in [-0.25, -0.2) is 4.79 Å². The van der Waals surface area contributed by atoms with Gasteiger partial charge in [0.25, 0.3) is 0 Å². The highest BCUT2D eigenvalue weighted by Gasteiger charge is 2.15. The number of aliphatic hydroxyl groups excluding tert-OH is 1. The molecule has 0 aliphatic carbocycles. The summed E-state index contributed by atoms with van der Waals surface area (Å²) in [7, 11) is 2.59. The number of hydrogen-bond acceptors (Lipinski definition) is 6. The van der Waals surface area contributed by atoms with Gasteiger partial charge in [0, 0.05) is 7.11 Å². The number of aryl methyl sites for hydroxylation is 1. The smallest absolute Gasteiger partial charge is 0.362 e. The molecule has 0 bridgehead atoms. The average molecular weight is 264 g/mol. The maximum Gasteiger partial charge on any atom is 0.362 e. The van der Waals surface area contributed by atoms with Crippen LogP contribution in [0.1, 0.15) is 5.56 Å². The molecule has 0 aliphatic rings. The van der Waals surface area contributed by atoms with Crippen LogP contribution in [-0.2, 0) is 14.3 Å². The van der Waals surface area contributed by atoms with E-state index in [9.17, 15) is 9.90 Å². The van der Waals surface area contributed by atoms with Crippen molar-refractivity contribution >= 4 is 11.7 Å². The molecule has 1 rings (SSSR count). The van der Waals surface area contributed by atoms with Crippen LogP contribution < -0.4 is 0 Å². The molecule has 0 aromatic heterocycles. The molecule has 19 heavy (non-hydrogen) atoms. The molecule has 1 aromatic rings. The largest absolute Gasteiger partial charge is 0.507 e. The molecule has 0 unspecified atom stereocenters. The van der Waals surface area contributed by atoms with Gasteiger partial charge in [-0.3, -0.25) is 0 Å². The highest BCUT2D eigenvalue weighted by atomic mass is 16.5. The number of carbonyl (C=O) groups excluding carboxylic acids is 1. The lowest BCUT2D eigenvalue weighted by Gasteiger charge is -2.03. The van der Waals surface area contributed by atoms with Crippen molar-refractivity contribution < 1.29 is 19.4 Å². The minimum atomic E-state index is -0.772. The second-order valence-corrected chi connectivity index (χ2v) is 3.76. The average Bonchev–Trinajstić information content (AvgIpc) is 2.39. The van der Waals surface area contributed by atoms with E-state index in [0.717, 1.165) is 5.56 Å². The van der Waals surface area contributed by atoms with E-state index < -0.39 is 5.97 Å². The van der Waals surface area contributed by atoms with Gasteiger partial charge in [0.05, 0.1) is 12.8 Å². The highest BCUT2D eigenvalue weighted by molar-refractivity contribution is 5.88. The molecule has 0 radical (unpaired) electrons. The van der Waals surface area contributed by atoms with Crippen molar-refractivity contribution in [3.8, 4) is 0 Å². The van der Waals surface area contributed by atoms with E-state index in [1.165, 1.54) is 14.2 Å². The summed E-state index contributed by atoms with van der Waals surface area (Å²) in [4.78, 5) is 11.5. The Balaban J connectivity index is 3.01. The summed E-state index contributed by atoms with van der Waals surface area (Å²) in [6, 6.07) is 7.27. The Bertz CT molecular complexity index is 509. The Kier molecular flexibility index (Phi) is 5.69. The Hall–Kier alpha value is -2.21. The fraction of sp³-hybridized carbons (Fsp3) is 0.308. The fourth-order valence-electron chi connectivity index (χ4n) is 1.32. The molecule has 0 aliphatic heterocycles. The molecule has 0 spiro atoms. The van der Waals surface area contributed by atoms with E-state index in [4.69, 9.17) is 4.74 Å². The minimum Gasteiger partial charge on any atom is -0.507 e. The lowest BCUT2D eigenvalue weighted by atomic mass is 10.2. The predicted octanol–water partition coefficient (Wildman–Crippen LogP) is 2.67. The summed E-state index contributed by atoms with van der Waals surface area (Å²) in [5.74, 6) is -1.10. The normalized spacial score (nSPS) is 12.4. The van der Waals surface area contributed by atoms with Crippen LogP contribution in [0.5, 0.6) is 0 Å². The van der Waals surface area contributed by atoms with Crippen molar-refractivity contribution in [3.63, 3.8) is 0 Å². The van der Waals surface area contributed by atoms with Crippen LogP contribution in [0.3, 0.4) is 0 Å². The molecule has 0 atom stereocenters. The van der Waals surface area contributed by atoms with Gasteiger partial charge in [0.1, 0.15) is 6.61 Å². The molecule has 6 nitrogen and oxygen atoms in total. The summed E-state index contributed by atoms with van der Waals surface area (Å²) in [5.41, 5.74) is 1.32. The van der Waals surface area contributed by atoms with Crippen LogP contribution >= 0.6 is 0 Å². The highest BCUT2D eigenvalue weighted by Crippen LogP contribution is 2.16. The number of carbonyl (C=O) groups is 1. The molecular weight excluding hydrogens is 248 g/mol. The van der Waals surface area contributed by atoms with Crippen molar-refractivity contribution in [1.29, 1.82) is 0 Å². The zero-order valence-electron chi connectivity index (χ0n) is 11.1. The number of azo groups is 1. The van der Waals surface area contributed by atoms with E-state index >= 15 is 0 Å². The maximum absolute atomic E-state index is 11.5. The third kappa shape index (κ3) is 4.51. The SMILES string of the molecule is COCC(O)=C(N=Nc1cccc(C)c1)C(=O)OC. The van der Waals surface area contributed by atoms with Crippen molar-refractivity contribution in [3.05, 3.63) is 41.3 Å². The summed E-state index contributed by atoms with van der Waals surface area (Å²) in [6.45, 7) is 1.77. The van der Waals surface area contributed by atoms with Gasteiger partial charge >= 0.3 is 5.97 Å². The Morgan fingerprint density at radius 1 is 1.37 bits per heavy atom. The van der Waals surface area contributed by atoms with Crippen molar-refractivity contribution in [1.82, 2.24) is 0 Å². The van der Waals surface area contributed by atoms with Gasteiger partial charge in [0.15, 0.2) is 5.76 Å². The van der Waals surface area contributed by atoms with E-state index in [0.29, 0.717) is 5.69 Å². The number of aliphatic hydroxyl groups is 1. The molecule has 0 saturated heterocycles. The lowest BCUT2D eigenvalue weighted by molar-refractivity contribution is -0.136. The first-order valence-electron chi connectivity index (χ1n) is 5.56. The number of ether oxygens (including phenoxy) is 2. The van der Waals surface area contributed by atoms with Gasteiger partial charge < -0.3 is 14.6 Å². The monoisotopic (exact) mass is 264 g/mol. The van der Waals surface area contributed by atoms with Crippen LogP contribution in [0.4, 0.5) is 5.69 Å². The van der Waals surface area contributed by atoms with E-state index in [2.05, 4.69) is 15.0 Å². The summed E-state index contributed by atoms with van der Waals surface area (Å²) in [5, 5.41) is 17.3. The van der Waals surface area contributed by atoms with Gasteiger partial charge in [-0.2, -0.15) is 5.11 Å². The Morgan fingerprint density at radius 3 is 2.68 bits per heavy atom. The summed E-state index contributed by atoms with van der Waals surface area (Å²) in [6.07, 6.45) is 0. The van der Waals surface area contributed by atoms with E-state index in [1.807, 2.05) is 19.1 Å². The molecule has 0 saturated carbocycles. The van der Waals surface area contributed by atoms with Gasteiger partial charge in [0.2, 0.25) is 5.70 Å². The third-order valence-electron chi connectivity index (χ3n) is 2.20. The van der Waals surface area contributed by atoms with Gasteiger partial charge in [-0.05, 0) is 24.6 Å². The first-order chi connectivity index (χ1) is 9.08. The minimum absolute atomic E-state index is 0.142. The standard InChI is InChI=1S/C13H16N2O4/c1-9-5-4-6-10(7-9)14-15-12(13(17)19-3)11(16)8-18-2/h4-7,16H,8H2,1-3H3. The lowest BCUT2D eigenvalue weighted by Crippen LogP contribution is -2.08. The number of methoxy groups -OCH3 is 2. The summed E-state index contributed by atoms with van der Waals surface area (Å²) < 4.78 is 9.26. The van der Waals surface area contributed by atoms with E-state index in [1.54, 1.807) is 12.1 Å². The first-order valence-corrected chi connectivity index (χ1v) is 5.56. The molecule has 0 fully saturated rings. The molecule has 1 N–H and O–H groups in total. The van der Waals surface area contributed by atoms with Crippen LogP contribution in [0.2, 0.25) is 0 Å². The quantitative estimate of drug-likeness (QED) is 0.383. The van der Waals surface area contributed by atoms with E-state index in [-0.39, 0.29) is 18.1 Å². The number of nitrogens with zero attached hydrogens (tertiary/aromatic N) is 2. The summed E-state index contributed by atoms with van der Waals surface area (Å²) >= 11 is 0. The zero-order chi connectivity index (χ0) is 14.3. The van der Waals surface area contributed by atoms with Crippen LogP contribution in [-0.4, -0.2) is 31.9 Å². The number of benzene rings is 1. The number of esters is 1. The van der Waals surface area contributed by atoms with Gasteiger partial charge in [-0.15, -0.1) is 5.11 Å². The molecule has 102 valence electrons. The predicted molar refractivity (Wildman–Crippen MR) is 69.2 cm³/mol. The Morgan fingerprint density at radius 2 is 2.11 bits per heavy atom. The molecule has 1 aromatic carbocycles. The first kappa shape index (κ1) is 14.8. The van der Waals surface area contributed by atoms with Crippen LogP contribution in [0.15, 0.2) is 46.0 Å². The number of hydrogen-bond donors (Lipinski definition) is 1.